The van der Waals surface area contributed by atoms with Crippen molar-refractivity contribution in [3.8, 4) is 0 Å². The first-order valence-corrected chi connectivity index (χ1v) is 10.2. The van der Waals surface area contributed by atoms with Gasteiger partial charge in [-0.2, -0.15) is 0 Å². The second-order valence-corrected chi connectivity index (χ2v) is 7.19. The van der Waals surface area contributed by atoms with Gasteiger partial charge in [0.1, 0.15) is 0 Å². The Morgan fingerprint density at radius 1 is 1.11 bits per heavy atom. The van der Waals surface area contributed by atoms with Crippen molar-refractivity contribution in [2.24, 2.45) is 0 Å². The molecule has 1 N–H and O–H groups in total. The molecule has 28 heavy (non-hydrogen) atoms. The third-order valence-electron chi connectivity index (χ3n) is 4.08. The van der Waals surface area contributed by atoms with Gasteiger partial charge in [0.05, 0.1) is 16.8 Å². The van der Waals surface area contributed by atoms with Gasteiger partial charge in [-0.05, 0) is 24.1 Å². The predicted molar refractivity (Wildman–Crippen MR) is 110 cm³/mol. The number of imidazole rings is 1. The predicted octanol–water partition coefficient (Wildman–Crippen LogP) is 3.40. The number of esters is 1. The third kappa shape index (κ3) is 5.36. The molecule has 0 aliphatic heterocycles. The molecule has 0 saturated heterocycles. The molecule has 6 nitrogen and oxygen atoms in total. The molecule has 0 bridgehead atoms. The molecule has 0 aliphatic carbocycles. The van der Waals surface area contributed by atoms with Gasteiger partial charge in [-0.25, -0.2) is 4.98 Å². The standard InChI is InChI=1S/C21H23N3O3S/c1-2-12-24-18-11-7-6-10-17(18)23-21(24)28-15-20(26)27-14-19(25)22-13-16-8-4-3-5-9-16/h3-11H,2,12-15H2,1H3,(H,22,25). The second-order valence-electron chi connectivity index (χ2n) is 6.25. The highest BCUT2D eigenvalue weighted by atomic mass is 32.2. The number of nitrogens with one attached hydrogen (secondary N) is 1. The lowest BCUT2D eigenvalue weighted by Gasteiger charge is -2.08. The number of para-hydroxylation sites is 2. The number of rotatable bonds is 9. The van der Waals surface area contributed by atoms with Crippen molar-refractivity contribution in [1.29, 1.82) is 0 Å². The van der Waals surface area contributed by atoms with Gasteiger partial charge in [0.2, 0.25) is 0 Å². The highest BCUT2D eigenvalue weighted by molar-refractivity contribution is 7.99. The van der Waals surface area contributed by atoms with E-state index < -0.39 is 5.97 Å². The molecule has 1 aromatic heterocycles. The average molecular weight is 398 g/mol. The molecule has 2 aromatic carbocycles. The molecule has 0 atom stereocenters. The van der Waals surface area contributed by atoms with Crippen LogP contribution in [0.15, 0.2) is 59.8 Å². The summed E-state index contributed by atoms with van der Waals surface area (Å²) in [6.45, 7) is 3.07. The van der Waals surface area contributed by atoms with E-state index in [0.717, 1.165) is 34.7 Å². The summed E-state index contributed by atoms with van der Waals surface area (Å²) in [5.41, 5.74) is 2.96. The zero-order chi connectivity index (χ0) is 19.8. The number of benzene rings is 2. The Labute approximate surface area is 168 Å². The molecule has 0 unspecified atom stereocenters. The number of thioether (sulfide) groups is 1. The maximum atomic E-state index is 12.0. The average Bonchev–Trinajstić information content (AvgIpc) is 3.08. The highest BCUT2D eigenvalue weighted by Gasteiger charge is 2.14. The lowest BCUT2D eigenvalue weighted by Crippen LogP contribution is -2.28. The van der Waals surface area contributed by atoms with Gasteiger partial charge in [0.25, 0.3) is 5.91 Å². The van der Waals surface area contributed by atoms with Crippen LogP contribution in [-0.2, 0) is 27.4 Å². The Morgan fingerprint density at radius 3 is 2.64 bits per heavy atom. The van der Waals surface area contributed by atoms with Gasteiger partial charge in [-0.3, -0.25) is 9.59 Å². The fourth-order valence-electron chi connectivity index (χ4n) is 2.76. The first-order valence-electron chi connectivity index (χ1n) is 9.21. The quantitative estimate of drug-likeness (QED) is 0.443. The Hall–Kier alpha value is -2.80. The lowest BCUT2D eigenvalue weighted by atomic mass is 10.2. The van der Waals surface area contributed by atoms with E-state index in [1.807, 2.05) is 54.6 Å². The van der Waals surface area contributed by atoms with Crippen LogP contribution in [0.5, 0.6) is 0 Å². The topological polar surface area (TPSA) is 73.2 Å². The number of carbonyl (C=O) groups excluding carboxylic acids is 2. The molecule has 1 amide bonds. The Balaban J connectivity index is 1.47. The van der Waals surface area contributed by atoms with Gasteiger partial charge in [-0.1, -0.05) is 61.2 Å². The maximum absolute atomic E-state index is 12.0. The molecular weight excluding hydrogens is 374 g/mol. The fraction of sp³-hybridized carbons (Fsp3) is 0.286. The van der Waals surface area contributed by atoms with E-state index in [0.29, 0.717) is 6.54 Å². The number of aryl methyl sites for hydroxylation is 1. The number of hydrogen-bond acceptors (Lipinski definition) is 5. The second kappa shape index (κ2) is 9.94. The van der Waals surface area contributed by atoms with Crippen LogP contribution in [0.1, 0.15) is 18.9 Å². The monoisotopic (exact) mass is 397 g/mol. The molecule has 0 fully saturated rings. The Kier molecular flexibility index (Phi) is 7.08. The zero-order valence-electron chi connectivity index (χ0n) is 15.8. The minimum atomic E-state index is -0.435. The molecule has 0 saturated carbocycles. The summed E-state index contributed by atoms with van der Waals surface area (Å²) in [6, 6.07) is 17.5. The minimum absolute atomic E-state index is 0.110. The SMILES string of the molecule is CCCn1c(SCC(=O)OCC(=O)NCc2ccccc2)nc2ccccc21. The van der Waals surface area contributed by atoms with Gasteiger partial charge < -0.3 is 14.6 Å². The van der Waals surface area contributed by atoms with Gasteiger partial charge in [0, 0.05) is 13.1 Å². The van der Waals surface area contributed by atoms with E-state index >= 15 is 0 Å². The number of amides is 1. The number of aromatic nitrogens is 2. The molecule has 0 aliphatic rings. The largest absolute Gasteiger partial charge is 0.455 e. The molecule has 0 spiro atoms. The van der Waals surface area contributed by atoms with Gasteiger partial charge >= 0.3 is 5.97 Å². The van der Waals surface area contributed by atoms with E-state index in [2.05, 4.69) is 21.8 Å². The summed E-state index contributed by atoms with van der Waals surface area (Å²) < 4.78 is 7.19. The van der Waals surface area contributed by atoms with Crippen LogP contribution >= 0.6 is 11.8 Å². The van der Waals surface area contributed by atoms with Crippen LogP contribution in [0.25, 0.3) is 11.0 Å². The van der Waals surface area contributed by atoms with Gasteiger partial charge in [0.15, 0.2) is 11.8 Å². The van der Waals surface area contributed by atoms with Crippen molar-refractivity contribution in [3.05, 3.63) is 60.2 Å². The van der Waals surface area contributed by atoms with Crippen LogP contribution < -0.4 is 5.32 Å². The summed E-state index contributed by atoms with van der Waals surface area (Å²) in [4.78, 5) is 28.5. The lowest BCUT2D eigenvalue weighted by molar-refractivity contribution is -0.145. The maximum Gasteiger partial charge on any atom is 0.316 e. The molecule has 146 valence electrons. The van der Waals surface area contributed by atoms with Crippen molar-refractivity contribution >= 4 is 34.7 Å². The molecule has 3 rings (SSSR count). The van der Waals surface area contributed by atoms with Crippen molar-refractivity contribution in [1.82, 2.24) is 14.9 Å². The van der Waals surface area contributed by atoms with E-state index in [4.69, 9.17) is 4.74 Å². The summed E-state index contributed by atoms with van der Waals surface area (Å²) >= 11 is 1.33. The summed E-state index contributed by atoms with van der Waals surface area (Å²) in [5, 5.41) is 3.52. The van der Waals surface area contributed by atoms with Crippen molar-refractivity contribution < 1.29 is 14.3 Å². The normalized spacial score (nSPS) is 10.8. The number of fused-ring (bicyclic) bond motifs is 1. The molecule has 0 radical (unpaired) electrons. The van der Waals surface area contributed by atoms with E-state index in [1.54, 1.807) is 0 Å². The van der Waals surface area contributed by atoms with Gasteiger partial charge in [-0.15, -0.1) is 0 Å². The van der Waals surface area contributed by atoms with Crippen LogP contribution in [0.4, 0.5) is 0 Å². The van der Waals surface area contributed by atoms with Crippen LogP contribution in [-0.4, -0.2) is 33.8 Å². The minimum Gasteiger partial charge on any atom is -0.455 e. The zero-order valence-corrected chi connectivity index (χ0v) is 16.6. The van der Waals surface area contributed by atoms with E-state index in [1.165, 1.54) is 11.8 Å². The molecule has 3 aromatic rings. The Bertz CT molecular complexity index is 940. The first-order chi connectivity index (χ1) is 13.7. The third-order valence-corrected chi connectivity index (χ3v) is 5.03. The Morgan fingerprint density at radius 2 is 1.86 bits per heavy atom. The molecule has 1 heterocycles. The smallest absolute Gasteiger partial charge is 0.316 e. The fourth-order valence-corrected chi connectivity index (χ4v) is 3.60. The first kappa shape index (κ1) is 19.9. The van der Waals surface area contributed by atoms with Crippen molar-refractivity contribution in [2.75, 3.05) is 12.4 Å². The van der Waals surface area contributed by atoms with E-state index in [-0.39, 0.29) is 18.3 Å². The van der Waals surface area contributed by atoms with Crippen LogP contribution in [0.3, 0.4) is 0 Å². The van der Waals surface area contributed by atoms with E-state index in [9.17, 15) is 9.59 Å². The van der Waals surface area contributed by atoms with Crippen molar-refractivity contribution in [2.45, 2.75) is 31.6 Å². The highest BCUT2D eigenvalue weighted by Crippen LogP contribution is 2.24. The summed E-state index contributed by atoms with van der Waals surface area (Å²) in [7, 11) is 0. The number of carbonyl (C=O) groups is 2. The van der Waals surface area contributed by atoms with Crippen LogP contribution in [0.2, 0.25) is 0 Å². The number of nitrogens with zero attached hydrogens (tertiary/aromatic N) is 2. The van der Waals surface area contributed by atoms with Crippen LogP contribution in [0, 0.1) is 0 Å². The number of hydrogen-bond donors (Lipinski definition) is 1. The number of ether oxygens (including phenoxy) is 1. The molecular formula is C21H23N3O3S. The van der Waals surface area contributed by atoms with Crippen molar-refractivity contribution in [3.63, 3.8) is 0 Å². The molecule has 7 heteroatoms. The summed E-state index contributed by atoms with van der Waals surface area (Å²) in [6.07, 6.45) is 0.972. The summed E-state index contributed by atoms with van der Waals surface area (Å²) in [5.74, 6) is -0.644.